The van der Waals surface area contributed by atoms with Crippen molar-refractivity contribution >= 4 is 17.4 Å². The van der Waals surface area contributed by atoms with Crippen molar-refractivity contribution in [1.29, 1.82) is 0 Å². The number of nitrogens with two attached hydrogens (primary N) is 1. The number of hydrogen-bond acceptors (Lipinski definition) is 2. The van der Waals surface area contributed by atoms with Gasteiger partial charge >= 0.3 is 6.03 Å². The Hall–Kier alpha value is -1.71. The first-order valence-corrected chi connectivity index (χ1v) is 3.57. The molecule has 4 N–H and O–H groups in total. The minimum absolute atomic E-state index is 0.558. The van der Waals surface area contributed by atoms with Gasteiger partial charge in [0.2, 0.25) is 0 Å². The van der Waals surface area contributed by atoms with Crippen LogP contribution in [0.1, 0.15) is 0 Å². The van der Waals surface area contributed by atoms with E-state index in [1.165, 1.54) is 0 Å². The highest BCUT2D eigenvalue weighted by atomic mass is 16.2. The van der Waals surface area contributed by atoms with Crippen LogP contribution in [-0.2, 0) is 0 Å². The molecule has 12 heavy (non-hydrogen) atoms. The Kier molecular flexibility index (Phi) is 2.53. The number of primary amides is 1. The summed E-state index contributed by atoms with van der Waals surface area (Å²) in [6.45, 7) is 0. The molecule has 0 aliphatic heterocycles. The van der Waals surface area contributed by atoms with Gasteiger partial charge in [-0.15, -0.1) is 0 Å². The molecular weight excluding hydrogens is 154 g/mol. The molecule has 0 spiro atoms. The number of carbonyl (C=O) groups is 1. The van der Waals surface area contributed by atoms with Crippen molar-refractivity contribution in [2.75, 3.05) is 17.7 Å². The van der Waals surface area contributed by atoms with Gasteiger partial charge in [0.25, 0.3) is 0 Å². The zero-order valence-electron chi connectivity index (χ0n) is 6.79. The zero-order chi connectivity index (χ0) is 8.97. The molecular formula is C8H11N3O. The molecule has 0 unspecified atom stereocenters. The van der Waals surface area contributed by atoms with Crippen LogP contribution < -0.4 is 16.4 Å². The molecule has 0 fully saturated rings. The highest BCUT2D eigenvalue weighted by Crippen LogP contribution is 2.19. The minimum atomic E-state index is -0.558. The van der Waals surface area contributed by atoms with Gasteiger partial charge in [-0.3, -0.25) is 0 Å². The number of urea groups is 1. The molecule has 4 heteroatoms. The first-order valence-electron chi connectivity index (χ1n) is 3.57. The van der Waals surface area contributed by atoms with Crippen molar-refractivity contribution < 1.29 is 4.79 Å². The number of amides is 2. The van der Waals surface area contributed by atoms with Crippen molar-refractivity contribution in [2.24, 2.45) is 5.73 Å². The third-order valence-corrected chi connectivity index (χ3v) is 1.45. The van der Waals surface area contributed by atoms with Gasteiger partial charge < -0.3 is 16.4 Å². The lowest BCUT2D eigenvalue weighted by molar-refractivity contribution is 0.259. The van der Waals surface area contributed by atoms with Gasteiger partial charge in [-0.25, -0.2) is 4.79 Å². The predicted octanol–water partition coefficient (Wildman–Crippen LogP) is 1.22. The summed E-state index contributed by atoms with van der Waals surface area (Å²) in [5, 5.41) is 5.43. The maximum Gasteiger partial charge on any atom is 0.316 e. The van der Waals surface area contributed by atoms with E-state index in [-0.39, 0.29) is 0 Å². The number of hydrogen-bond donors (Lipinski definition) is 3. The quantitative estimate of drug-likeness (QED) is 0.616. The maximum atomic E-state index is 10.5. The molecule has 1 aromatic rings. The maximum absolute atomic E-state index is 10.5. The van der Waals surface area contributed by atoms with E-state index in [2.05, 4.69) is 10.6 Å². The molecule has 4 nitrogen and oxygen atoms in total. The van der Waals surface area contributed by atoms with Crippen LogP contribution in [0.5, 0.6) is 0 Å². The summed E-state index contributed by atoms with van der Waals surface area (Å²) in [7, 11) is 1.78. The minimum Gasteiger partial charge on any atom is -0.386 e. The summed E-state index contributed by atoms with van der Waals surface area (Å²) < 4.78 is 0. The molecule has 0 radical (unpaired) electrons. The smallest absolute Gasteiger partial charge is 0.316 e. The van der Waals surface area contributed by atoms with Gasteiger partial charge in [0, 0.05) is 7.05 Å². The standard InChI is InChI=1S/C8H11N3O/c1-10-6-4-2-3-5-7(6)11-8(9)12/h2-5,10H,1H3,(H3,9,11,12). The van der Waals surface area contributed by atoms with Crippen LogP contribution in [0.4, 0.5) is 16.2 Å². The molecule has 0 aliphatic carbocycles. The molecule has 0 aromatic heterocycles. The highest BCUT2D eigenvalue weighted by molar-refractivity contribution is 5.91. The van der Waals surface area contributed by atoms with Crippen molar-refractivity contribution in [3.8, 4) is 0 Å². The highest BCUT2D eigenvalue weighted by Gasteiger charge is 1.99. The Morgan fingerprint density at radius 2 is 1.92 bits per heavy atom. The summed E-state index contributed by atoms with van der Waals surface area (Å²) in [5.74, 6) is 0. The Morgan fingerprint density at radius 1 is 1.33 bits per heavy atom. The van der Waals surface area contributed by atoms with Crippen molar-refractivity contribution in [3.63, 3.8) is 0 Å². The Bertz CT molecular complexity index is 285. The van der Waals surface area contributed by atoms with Gasteiger partial charge in [0.15, 0.2) is 0 Å². The number of benzene rings is 1. The Labute approximate surface area is 70.8 Å². The second-order valence-corrected chi connectivity index (χ2v) is 2.28. The van der Waals surface area contributed by atoms with Gasteiger partial charge in [-0.05, 0) is 12.1 Å². The Morgan fingerprint density at radius 3 is 2.42 bits per heavy atom. The van der Waals surface area contributed by atoms with Gasteiger partial charge in [0.05, 0.1) is 11.4 Å². The van der Waals surface area contributed by atoms with Gasteiger partial charge in [-0.1, -0.05) is 12.1 Å². The molecule has 1 aromatic carbocycles. The van der Waals surface area contributed by atoms with Gasteiger partial charge in [-0.2, -0.15) is 0 Å². The number of rotatable bonds is 2. The molecule has 0 atom stereocenters. The number of nitrogens with one attached hydrogen (secondary N) is 2. The SMILES string of the molecule is CNc1ccccc1NC(N)=O. The topological polar surface area (TPSA) is 67.2 Å². The summed E-state index contributed by atoms with van der Waals surface area (Å²) in [6.07, 6.45) is 0. The van der Waals surface area contributed by atoms with Crippen LogP contribution >= 0.6 is 0 Å². The molecule has 2 amide bonds. The molecule has 0 aliphatic rings. The van der Waals surface area contributed by atoms with Crippen LogP contribution in [0.15, 0.2) is 24.3 Å². The Balaban J connectivity index is 2.89. The van der Waals surface area contributed by atoms with Crippen LogP contribution in [0.2, 0.25) is 0 Å². The van der Waals surface area contributed by atoms with E-state index in [1.807, 2.05) is 18.2 Å². The van der Waals surface area contributed by atoms with E-state index in [0.29, 0.717) is 5.69 Å². The number of carbonyl (C=O) groups excluding carboxylic acids is 1. The van der Waals surface area contributed by atoms with E-state index >= 15 is 0 Å². The molecule has 0 saturated carbocycles. The lowest BCUT2D eigenvalue weighted by Gasteiger charge is -2.07. The average molecular weight is 165 g/mol. The first-order chi connectivity index (χ1) is 5.74. The van der Waals surface area contributed by atoms with Gasteiger partial charge in [0.1, 0.15) is 0 Å². The van der Waals surface area contributed by atoms with Crippen molar-refractivity contribution in [2.45, 2.75) is 0 Å². The molecule has 0 saturated heterocycles. The van der Waals surface area contributed by atoms with E-state index in [9.17, 15) is 4.79 Å². The third-order valence-electron chi connectivity index (χ3n) is 1.45. The van der Waals surface area contributed by atoms with Crippen LogP contribution in [0.3, 0.4) is 0 Å². The molecule has 0 heterocycles. The summed E-state index contributed by atoms with van der Waals surface area (Å²) in [6, 6.07) is 6.77. The van der Waals surface area contributed by atoms with E-state index in [4.69, 9.17) is 5.73 Å². The van der Waals surface area contributed by atoms with Crippen LogP contribution in [0, 0.1) is 0 Å². The van der Waals surface area contributed by atoms with Crippen LogP contribution in [-0.4, -0.2) is 13.1 Å². The van der Waals surface area contributed by atoms with E-state index < -0.39 is 6.03 Å². The van der Waals surface area contributed by atoms with E-state index in [0.717, 1.165) is 5.69 Å². The number of para-hydroxylation sites is 2. The molecule has 64 valence electrons. The second-order valence-electron chi connectivity index (χ2n) is 2.28. The molecule has 1 rings (SSSR count). The average Bonchev–Trinajstić information content (AvgIpc) is 2.04. The van der Waals surface area contributed by atoms with Crippen molar-refractivity contribution in [3.05, 3.63) is 24.3 Å². The summed E-state index contributed by atoms with van der Waals surface area (Å²) >= 11 is 0. The summed E-state index contributed by atoms with van der Waals surface area (Å²) in [4.78, 5) is 10.5. The van der Waals surface area contributed by atoms with Crippen molar-refractivity contribution in [1.82, 2.24) is 0 Å². The second kappa shape index (κ2) is 3.61. The fourth-order valence-corrected chi connectivity index (χ4v) is 0.943. The third kappa shape index (κ3) is 1.88. The fraction of sp³-hybridized carbons (Fsp3) is 0.125. The monoisotopic (exact) mass is 165 g/mol. The van der Waals surface area contributed by atoms with Crippen LogP contribution in [0.25, 0.3) is 0 Å². The summed E-state index contributed by atoms with van der Waals surface area (Å²) in [5.41, 5.74) is 6.50. The normalized spacial score (nSPS) is 9.08. The van der Waals surface area contributed by atoms with E-state index in [1.54, 1.807) is 13.1 Å². The first kappa shape index (κ1) is 8.39. The molecule has 0 bridgehead atoms. The predicted molar refractivity (Wildman–Crippen MR) is 49.2 cm³/mol. The lowest BCUT2D eigenvalue weighted by atomic mass is 10.2. The zero-order valence-corrected chi connectivity index (χ0v) is 6.79. The lowest BCUT2D eigenvalue weighted by Crippen LogP contribution is -2.19. The largest absolute Gasteiger partial charge is 0.386 e. The fourth-order valence-electron chi connectivity index (χ4n) is 0.943. The number of anilines is 2.